The van der Waals surface area contributed by atoms with Gasteiger partial charge in [0.1, 0.15) is 4.90 Å². The van der Waals surface area contributed by atoms with Crippen LogP contribution in [0.25, 0.3) is 0 Å². The second kappa shape index (κ2) is 21.0. The van der Waals surface area contributed by atoms with Gasteiger partial charge in [0.2, 0.25) is 0 Å². The van der Waals surface area contributed by atoms with Gasteiger partial charge in [-0.2, -0.15) is 13.2 Å². The maximum atomic E-state index is 14.2. The summed E-state index contributed by atoms with van der Waals surface area (Å²) in [7, 11) is -10.9. The van der Waals surface area contributed by atoms with Crippen LogP contribution in [0.2, 0.25) is 5.02 Å². The van der Waals surface area contributed by atoms with Crippen LogP contribution < -0.4 is 14.9 Å². The van der Waals surface area contributed by atoms with Gasteiger partial charge in [0.15, 0.2) is 0 Å². The fraction of sp³-hybridized carbons (Fsp3) is 0.444. The molecule has 2 aliphatic heterocycles. The van der Waals surface area contributed by atoms with E-state index in [1.54, 1.807) is 12.1 Å². The first-order valence-electron chi connectivity index (χ1n) is 21.3. The topological polar surface area (TPSA) is 128 Å². The number of benzene rings is 4. The number of nitrogens with zero attached hydrogens (tertiary/aromatic N) is 3. The zero-order chi connectivity index (χ0) is 44.6. The highest BCUT2D eigenvalue weighted by molar-refractivity contribution is 7.99. The van der Waals surface area contributed by atoms with Gasteiger partial charge in [-0.25, -0.2) is 21.6 Å². The fourth-order valence-electron chi connectivity index (χ4n) is 8.59. The Kier molecular flexibility index (Phi) is 15.7. The van der Waals surface area contributed by atoms with E-state index in [2.05, 4.69) is 32.1 Å². The molecule has 11 nitrogen and oxygen atoms in total. The zero-order valence-electron chi connectivity index (χ0n) is 34.8. The SMILES string of the molecule is O=C(NS(=O)(=O)c1ccc(N[C@H](CCN2CCOCC2)CSc2ccccc2)c(S(=O)(=O)C(F)(F)F)c1)c1ccc(N2CCN(CC3CCCC[C@H]3c3ccc(Cl)cc3)CC2)cc1. The van der Waals surface area contributed by atoms with E-state index in [-0.39, 0.29) is 5.56 Å². The van der Waals surface area contributed by atoms with Crippen molar-refractivity contribution < 1.29 is 39.5 Å². The third-order valence-electron chi connectivity index (χ3n) is 12.1. The van der Waals surface area contributed by atoms with Gasteiger partial charge in [0.25, 0.3) is 25.8 Å². The maximum Gasteiger partial charge on any atom is 0.501 e. The number of sulfonamides is 1. The van der Waals surface area contributed by atoms with Crippen LogP contribution in [0, 0.1) is 5.92 Å². The lowest BCUT2D eigenvalue weighted by molar-refractivity contribution is -0.0435. The van der Waals surface area contributed by atoms with Crippen molar-refractivity contribution in [1.29, 1.82) is 0 Å². The molecule has 4 aromatic carbocycles. The van der Waals surface area contributed by atoms with Crippen LogP contribution in [0.3, 0.4) is 0 Å². The number of ether oxygens (including phenoxy) is 1. The van der Waals surface area contributed by atoms with Gasteiger partial charge in [0.05, 0.1) is 23.8 Å². The first kappa shape index (κ1) is 47.1. The highest BCUT2D eigenvalue weighted by Crippen LogP contribution is 2.39. The molecule has 7 rings (SSSR count). The van der Waals surface area contributed by atoms with E-state index in [4.69, 9.17) is 16.3 Å². The number of morpholine rings is 1. The van der Waals surface area contributed by atoms with Crippen LogP contribution in [-0.2, 0) is 24.6 Å². The lowest BCUT2D eigenvalue weighted by Gasteiger charge is -2.40. The maximum absolute atomic E-state index is 14.2. The third-order valence-corrected chi connectivity index (χ3v) is 16.4. The van der Waals surface area contributed by atoms with E-state index >= 15 is 0 Å². The molecule has 0 spiro atoms. The predicted molar refractivity (Wildman–Crippen MR) is 242 cm³/mol. The van der Waals surface area contributed by atoms with Crippen molar-refractivity contribution in [2.75, 3.05) is 81.5 Å². The number of thioether (sulfide) groups is 1. The van der Waals surface area contributed by atoms with Crippen molar-refractivity contribution in [2.24, 2.45) is 5.92 Å². The number of carbonyl (C=O) groups is 1. The van der Waals surface area contributed by atoms with E-state index < -0.39 is 52.8 Å². The number of amides is 1. The van der Waals surface area contributed by atoms with Gasteiger partial charge in [-0.3, -0.25) is 14.6 Å². The molecule has 3 fully saturated rings. The van der Waals surface area contributed by atoms with E-state index in [0.29, 0.717) is 62.9 Å². The van der Waals surface area contributed by atoms with Gasteiger partial charge in [0, 0.05) is 85.3 Å². The average Bonchev–Trinajstić information content (AvgIpc) is 3.28. The first-order chi connectivity index (χ1) is 30.2. The molecule has 2 saturated heterocycles. The van der Waals surface area contributed by atoms with Gasteiger partial charge < -0.3 is 15.0 Å². The number of rotatable bonds is 16. The number of halogens is 4. The van der Waals surface area contributed by atoms with Crippen LogP contribution in [0.5, 0.6) is 0 Å². The summed E-state index contributed by atoms with van der Waals surface area (Å²) in [4.78, 5) is 19.0. The molecule has 3 atom stereocenters. The molecule has 340 valence electrons. The van der Waals surface area contributed by atoms with Crippen molar-refractivity contribution in [3.8, 4) is 0 Å². The van der Waals surface area contributed by atoms with Crippen molar-refractivity contribution in [3.05, 3.63) is 113 Å². The molecule has 0 aromatic heterocycles. The molecular formula is C45H53ClF3N5O6S3. The van der Waals surface area contributed by atoms with Gasteiger partial charge in [-0.1, -0.05) is 54.8 Å². The molecule has 1 saturated carbocycles. The second-order valence-corrected chi connectivity index (χ2v) is 21.4. The Morgan fingerprint density at radius 3 is 2.19 bits per heavy atom. The minimum absolute atomic E-state index is 0.00644. The minimum Gasteiger partial charge on any atom is -0.380 e. The van der Waals surface area contributed by atoms with Gasteiger partial charge in [-0.05, 0) is 103 Å². The molecule has 18 heteroatoms. The molecule has 4 aromatic rings. The number of carbonyl (C=O) groups excluding carboxylic acids is 1. The van der Waals surface area contributed by atoms with Crippen LogP contribution in [0.4, 0.5) is 24.5 Å². The number of piperazine rings is 1. The number of anilines is 2. The number of hydrogen-bond donors (Lipinski definition) is 2. The minimum atomic E-state index is -6.05. The van der Waals surface area contributed by atoms with Crippen LogP contribution >= 0.6 is 23.4 Å². The quantitative estimate of drug-likeness (QED) is 0.106. The summed E-state index contributed by atoms with van der Waals surface area (Å²) in [5.74, 6) is 0.425. The summed E-state index contributed by atoms with van der Waals surface area (Å²) >= 11 is 7.61. The molecule has 0 radical (unpaired) electrons. The molecular weight excluding hydrogens is 895 g/mol. The Balaban J connectivity index is 1.00. The van der Waals surface area contributed by atoms with Crippen molar-refractivity contribution in [1.82, 2.24) is 14.5 Å². The monoisotopic (exact) mass is 947 g/mol. The Hall–Kier alpha value is -3.84. The second-order valence-electron chi connectivity index (χ2n) is 16.3. The number of hydrogen-bond acceptors (Lipinski definition) is 11. The molecule has 3 aliphatic rings. The number of sulfone groups is 1. The highest BCUT2D eigenvalue weighted by atomic mass is 35.5. The Morgan fingerprint density at radius 1 is 0.825 bits per heavy atom. The Morgan fingerprint density at radius 2 is 1.51 bits per heavy atom. The van der Waals surface area contributed by atoms with Gasteiger partial charge >= 0.3 is 5.51 Å². The molecule has 2 heterocycles. The van der Waals surface area contributed by atoms with E-state index in [1.165, 1.54) is 55.1 Å². The molecule has 63 heavy (non-hydrogen) atoms. The van der Waals surface area contributed by atoms with E-state index in [9.17, 15) is 34.8 Å². The van der Waals surface area contributed by atoms with Crippen LogP contribution in [0.1, 0.15) is 53.9 Å². The molecule has 1 unspecified atom stereocenters. The molecule has 1 aliphatic carbocycles. The summed E-state index contributed by atoms with van der Waals surface area (Å²) in [6, 6.07) is 26.0. The predicted octanol–water partition coefficient (Wildman–Crippen LogP) is 8.14. The highest BCUT2D eigenvalue weighted by Gasteiger charge is 2.48. The number of alkyl halides is 3. The summed E-state index contributed by atoms with van der Waals surface area (Å²) in [6.45, 7) is 7.32. The largest absolute Gasteiger partial charge is 0.501 e. The van der Waals surface area contributed by atoms with Crippen LogP contribution in [-0.4, -0.2) is 115 Å². The normalized spacial score (nSPS) is 20.0. The Bertz CT molecular complexity index is 2370. The molecule has 1 amide bonds. The molecule has 2 N–H and O–H groups in total. The van der Waals surface area contributed by atoms with E-state index in [1.807, 2.05) is 47.2 Å². The smallest absolute Gasteiger partial charge is 0.380 e. The lowest BCUT2D eigenvalue weighted by atomic mass is 9.75. The summed E-state index contributed by atoms with van der Waals surface area (Å²) in [6.07, 6.45) is 5.26. The van der Waals surface area contributed by atoms with Crippen molar-refractivity contribution >= 4 is 60.5 Å². The summed E-state index contributed by atoms with van der Waals surface area (Å²) < 4.78 is 103. The summed E-state index contributed by atoms with van der Waals surface area (Å²) in [5.41, 5.74) is -3.92. The lowest BCUT2D eigenvalue weighted by Crippen LogP contribution is -2.48. The zero-order valence-corrected chi connectivity index (χ0v) is 38.0. The van der Waals surface area contributed by atoms with E-state index in [0.717, 1.165) is 60.5 Å². The molecule has 0 bridgehead atoms. The van der Waals surface area contributed by atoms with Crippen molar-refractivity contribution in [3.63, 3.8) is 0 Å². The standard InChI is InChI=1S/C45H53ClF3N5O6S3/c46-36-14-10-33(11-15-36)41-9-5-4-6-35(41)31-53-22-24-54(25-23-53)38-16-12-34(13-17-38)44(55)51-63(58,59)40-18-19-42(43(30-40)62(56,57)45(47,48)49)50-37(20-21-52-26-28-60-29-27-52)32-61-39-7-2-1-3-8-39/h1-3,7-8,10-19,30,35,37,41,50H,4-6,9,20-29,31-32H2,(H,51,55)/t35?,37-,41+/m1/s1. The Labute approximate surface area is 377 Å². The van der Waals surface area contributed by atoms with Crippen molar-refractivity contribution in [2.45, 2.75) is 64.3 Å². The average molecular weight is 949 g/mol. The third kappa shape index (κ3) is 12.3. The fourth-order valence-corrected chi connectivity index (χ4v) is 11.7. The summed E-state index contributed by atoms with van der Waals surface area (Å²) in [5, 5.41) is 3.73. The first-order valence-corrected chi connectivity index (χ1v) is 25.6. The van der Waals surface area contributed by atoms with Crippen LogP contribution in [0.15, 0.2) is 112 Å². The van der Waals surface area contributed by atoms with Gasteiger partial charge in [-0.15, -0.1) is 11.8 Å². The number of nitrogens with one attached hydrogen (secondary N) is 2.